The van der Waals surface area contributed by atoms with Crippen molar-refractivity contribution in [1.82, 2.24) is 0 Å². The van der Waals surface area contributed by atoms with E-state index in [0.29, 0.717) is 28.5 Å². The average Bonchev–Trinajstić information content (AvgIpc) is 2.35. The van der Waals surface area contributed by atoms with Gasteiger partial charge in [-0.2, -0.15) is 0 Å². The van der Waals surface area contributed by atoms with Gasteiger partial charge in [-0.05, 0) is 43.2 Å². The lowest BCUT2D eigenvalue weighted by Crippen LogP contribution is -2.15. The van der Waals surface area contributed by atoms with Crippen LogP contribution < -0.4 is 9.88 Å². The van der Waals surface area contributed by atoms with Crippen LogP contribution in [0.3, 0.4) is 0 Å². The molecular weight excluding hydrogens is 310 g/mol. The van der Waals surface area contributed by atoms with Crippen molar-refractivity contribution in [2.45, 2.75) is 25.3 Å². The van der Waals surface area contributed by atoms with Crippen LogP contribution in [0.2, 0.25) is 5.02 Å². The molecule has 0 aliphatic heterocycles. The van der Waals surface area contributed by atoms with Gasteiger partial charge in [-0.1, -0.05) is 29.8 Å². The van der Waals surface area contributed by atoms with E-state index < -0.39 is 10.0 Å². The molecular formula is C15H16ClNO3S. The molecule has 6 heteroatoms. The highest BCUT2D eigenvalue weighted by Crippen LogP contribution is 2.26. The molecule has 0 amide bonds. The predicted octanol–water partition coefficient (Wildman–Crippen LogP) is 3.18. The molecule has 0 unspecified atom stereocenters. The number of ether oxygens (including phenoxy) is 1. The molecule has 2 rings (SSSR count). The van der Waals surface area contributed by atoms with Gasteiger partial charge in [0.2, 0.25) is 10.0 Å². The SMILES string of the molecule is Cc1cc(OCc2ccccc2Cl)cc(C)c1S(N)(=O)=O. The van der Waals surface area contributed by atoms with Gasteiger partial charge in [0.15, 0.2) is 0 Å². The van der Waals surface area contributed by atoms with Gasteiger partial charge in [-0.15, -0.1) is 0 Å². The lowest BCUT2D eigenvalue weighted by atomic mass is 10.1. The summed E-state index contributed by atoms with van der Waals surface area (Å²) >= 11 is 6.06. The van der Waals surface area contributed by atoms with Gasteiger partial charge in [0.25, 0.3) is 0 Å². The normalized spacial score (nSPS) is 11.4. The third kappa shape index (κ3) is 3.75. The minimum Gasteiger partial charge on any atom is -0.489 e. The smallest absolute Gasteiger partial charge is 0.238 e. The summed E-state index contributed by atoms with van der Waals surface area (Å²) in [7, 11) is -3.73. The molecule has 0 saturated carbocycles. The zero-order valence-corrected chi connectivity index (χ0v) is 13.3. The second-order valence-corrected chi connectivity index (χ2v) is 6.72. The Labute approximate surface area is 129 Å². The topological polar surface area (TPSA) is 69.4 Å². The Morgan fingerprint density at radius 1 is 1.14 bits per heavy atom. The molecule has 0 spiro atoms. The molecule has 0 radical (unpaired) electrons. The fraction of sp³-hybridized carbons (Fsp3) is 0.200. The average molecular weight is 326 g/mol. The second kappa shape index (κ2) is 6.05. The highest BCUT2D eigenvalue weighted by atomic mass is 35.5. The van der Waals surface area contributed by atoms with Crippen LogP contribution >= 0.6 is 11.6 Å². The Morgan fingerprint density at radius 3 is 2.24 bits per heavy atom. The quantitative estimate of drug-likeness (QED) is 0.938. The lowest BCUT2D eigenvalue weighted by molar-refractivity contribution is 0.305. The van der Waals surface area contributed by atoms with Crippen LogP contribution in [0.25, 0.3) is 0 Å². The van der Waals surface area contributed by atoms with Crippen molar-refractivity contribution < 1.29 is 13.2 Å². The van der Waals surface area contributed by atoms with Crippen LogP contribution in [0.5, 0.6) is 5.75 Å². The summed E-state index contributed by atoms with van der Waals surface area (Å²) in [5, 5.41) is 5.84. The second-order valence-electron chi connectivity index (χ2n) is 4.81. The molecule has 0 bridgehead atoms. The summed E-state index contributed by atoms with van der Waals surface area (Å²) < 4.78 is 28.7. The van der Waals surface area contributed by atoms with Crippen molar-refractivity contribution in [2.24, 2.45) is 5.14 Å². The van der Waals surface area contributed by atoms with Crippen LogP contribution in [0, 0.1) is 13.8 Å². The zero-order valence-electron chi connectivity index (χ0n) is 11.8. The van der Waals surface area contributed by atoms with E-state index in [1.807, 2.05) is 18.2 Å². The summed E-state index contributed by atoms with van der Waals surface area (Å²) in [5.41, 5.74) is 1.99. The maximum absolute atomic E-state index is 11.5. The van der Waals surface area contributed by atoms with Crippen molar-refractivity contribution in [2.75, 3.05) is 0 Å². The van der Waals surface area contributed by atoms with E-state index in [1.165, 1.54) is 0 Å². The number of primary sulfonamides is 1. The molecule has 112 valence electrons. The molecule has 2 aromatic carbocycles. The number of aryl methyl sites for hydroxylation is 2. The van der Waals surface area contributed by atoms with E-state index in [1.54, 1.807) is 32.0 Å². The minimum absolute atomic E-state index is 0.146. The van der Waals surface area contributed by atoms with Crippen molar-refractivity contribution in [3.63, 3.8) is 0 Å². The van der Waals surface area contributed by atoms with Crippen LogP contribution in [0.15, 0.2) is 41.3 Å². The molecule has 0 fully saturated rings. The number of hydrogen-bond donors (Lipinski definition) is 1. The third-order valence-electron chi connectivity index (χ3n) is 3.07. The standard InChI is InChI=1S/C15H16ClNO3S/c1-10-7-13(8-11(2)15(10)21(17,18)19)20-9-12-5-3-4-6-14(12)16/h3-8H,9H2,1-2H3,(H2,17,18,19). The van der Waals surface area contributed by atoms with E-state index >= 15 is 0 Å². The molecule has 2 N–H and O–H groups in total. The largest absolute Gasteiger partial charge is 0.489 e. The van der Waals surface area contributed by atoms with E-state index in [0.717, 1.165) is 5.56 Å². The van der Waals surface area contributed by atoms with Gasteiger partial charge in [-0.25, -0.2) is 13.6 Å². The number of halogens is 1. The van der Waals surface area contributed by atoms with Gasteiger partial charge in [-0.3, -0.25) is 0 Å². The summed E-state index contributed by atoms with van der Waals surface area (Å²) in [5.74, 6) is 0.581. The van der Waals surface area contributed by atoms with Gasteiger partial charge in [0, 0.05) is 10.6 Å². The van der Waals surface area contributed by atoms with E-state index in [9.17, 15) is 8.42 Å². The molecule has 0 aliphatic rings. The molecule has 0 atom stereocenters. The molecule has 21 heavy (non-hydrogen) atoms. The first-order chi connectivity index (χ1) is 9.79. The van der Waals surface area contributed by atoms with Gasteiger partial charge < -0.3 is 4.74 Å². The van der Waals surface area contributed by atoms with E-state index in [4.69, 9.17) is 21.5 Å². The minimum atomic E-state index is -3.73. The van der Waals surface area contributed by atoms with Crippen LogP contribution in [-0.2, 0) is 16.6 Å². The number of rotatable bonds is 4. The fourth-order valence-corrected chi connectivity index (χ4v) is 3.42. The molecule has 0 saturated heterocycles. The van der Waals surface area contributed by atoms with Gasteiger partial charge in [0.05, 0.1) is 4.90 Å². The first-order valence-electron chi connectivity index (χ1n) is 6.29. The van der Waals surface area contributed by atoms with Gasteiger partial charge in [0.1, 0.15) is 12.4 Å². The summed E-state index contributed by atoms with van der Waals surface area (Å²) in [6, 6.07) is 10.7. The lowest BCUT2D eigenvalue weighted by Gasteiger charge is -2.12. The van der Waals surface area contributed by atoms with Crippen molar-refractivity contribution in [1.29, 1.82) is 0 Å². The number of hydrogen-bond acceptors (Lipinski definition) is 3. The van der Waals surface area contributed by atoms with Crippen molar-refractivity contribution >= 4 is 21.6 Å². The molecule has 0 heterocycles. The van der Waals surface area contributed by atoms with E-state index in [2.05, 4.69) is 0 Å². The molecule has 4 nitrogen and oxygen atoms in total. The summed E-state index contributed by atoms with van der Waals surface area (Å²) in [6.45, 7) is 3.69. The fourth-order valence-electron chi connectivity index (χ4n) is 2.22. The molecule has 2 aromatic rings. The van der Waals surface area contributed by atoms with Crippen LogP contribution in [0.1, 0.15) is 16.7 Å². The first-order valence-corrected chi connectivity index (χ1v) is 8.21. The number of benzene rings is 2. The zero-order chi connectivity index (χ0) is 15.6. The van der Waals surface area contributed by atoms with Crippen molar-refractivity contribution in [3.8, 4) is 5.75 Å². The number of sulfonamides is 1. The molecule has 0 aliphatic carbocycles. The highest BCUT2D eigenvalue weighted by Gasteiger charge is 2.16. The highest BCUT2D eigenvalue weighted by molar-refractivity contribution is 7.89. The van der Waals surface area contributed by atoms with E-state index in [-0.39, 0.29) is 4.90 Å². The number of nitrogens with two attached hydrogens (primary N) is 1. The Kier molecular flexibility index (Phi) is 4.56. The van der Waals surface area contributed by atoms with Crippen molar-refractivity contribution in [3.05, 3.63) is 58.1 Å². The maximum atomic E-state index is 11.5. The Morgan fingerprint density at radius 2 is 1.71 bits per heavy atom. The third-order valence-corrected chi connectivity index (χ3v) is 4.65. The molecule has 0 aromatic heterocycles. The van der Waals surface area contributed by atoms with Crippen LogP contribution in [-0.4, -0.2) is 8.42 Å². The summed E-state index contributed by atoms with van der Waals surface area (Å²) in [6.07, 6.45) is 0. The summed E-state index contributed by atoms with van der Waals surface area (Å²) in [4.78, 5) is 0.146. The van der Waals surface area contributed by atoms with Crippen LogP contribution in [0.4, 0.5) is 0 Å². The monoisotopic (exact) mass is 325 g/mol. The van der Waals surface area contributed by atoms with Gasteiger partial charge >= 0.3 is 0 Å². The first kappa shape index (κ1) is 15.8. The Bertz CT molecular complexity index is 749. The predicted molar refractivity (Wildman–Crippen MR) is 83.1 cm³/mol. The Balaban J connectivity index is 2.25. The Hall–Kier alpha value is -1.56. The maximum Gasteiger partial charge on any atom is 0.238 e.